The maximum Gasteiger partial charge on any atom is 0.339 e. The molecule has 0 radical (unpaired) electrons. The summed E-state index contributed by atoms with van der Waals surface area (Å²) in [6, 6.07) is 32.4. The molecule has 5 rings (SSSR count). The Morgan fingerprint density at radius 3 is 2.23 bits per heavy atom. The molecule has 0 fully saturated rings. The average Bonchev–Trinajstić information content (AvgIpc) is 2.96. The molecule has 5 aromatic rings. The molecule has 0 spiro atoms. The van der Waals surface area contributed by atoms with Gasteiger partial charge in [-0.1, -0.05) is 66.2 Å². The van der Waals surface area contributed by atoms with Crippen LogP contribution in [0.5, 0.6) is 5.75 Å². The second-order valence-electron chi connectivity index (χ2n) is 9.27. The number of anilines is 1. The van der Waals surface area contributed by atoms with Gasteiger partial charge in [0.2, 0.25) is 0 Å². The highest BCUT2D eigenvalue weighted by Gasteiger charge is 2.21. The first-order chi connectivity index (χ1) is 19.0. The van der Waals surface area contributed by atoms with Crippen LogP contribution in [0.1, 0.15) is 27.0 Å². The first-order valence-corrected chi connectivity index (χ1v) is 12.7. The highest BCUT2D eigenvalue weighted by Crippen LogP contribution is 2.31. The number of aromatic nitrogens is 1. The van der Waals surface area contributed by atoms with Crippen LogP contribution in [0.25, 0.3) is 22.2 Å². The highest BCUT2D eigenvalue weighted by molar-refractivity contribution is 6.07. The number of rotatable bonds is 8. The minimum Gasteiger partial charge on any atom is -0.489 e. The van der Waals surface area contributed by atoms with Gasteiger partial charge in [-0.05, 0) is 67.4 Å². The zero-order valence-corrected chi connectivity index (χ0v) is 21.8. The summed E-state index contributed by atoms with van der Waals surface area (Å²) in [7, 11) is 0. The molecule has 1 heterocycles. The first kappa shape index (κ1) is 25.7. The molecule has 0 saturated carbocycles. The Labute approximate surface area is 227 Å². The number of nitrogens with one attached hydrogen (secondary N) is 1. The zero-order chi connectivity index (χ0) is 27.2. The van der Waals surface area contributed by atoms with Crippen LogP contribution in [-0.2, 0) is 16.1 Å². The topological polar surface area (TPSA) is 77.5 Å². The van der Waals surface area contributed by atoms with Gasteiger partial charge in [0.25, 0.3) is 5.91 Å². The molecule has 1 N–H and O–H groups in total. The van der Waals surface area contributed by atoms with Gasteiger partial charge in [-0.25, -0.2) is 9.78 Å². The molecule has 4 aromatic carbocycles. The lowest BCUT2D eigenvalue weighted by Crippen LogP contribution is -2.21. The van der Waals surface area contributed by atoms with Crippen LogP contribution >= 0.6 is 0 Å². The predicted octanol–water partition coefficient (Wildman–Crippen LogP) is 6.89. The van der Waals surface area contributed by atoms with E-state index in [0.717, 1.165) is 22.4 Å². The minimum absolute atomic E-state index is 0.392. The number of fused-ring (bicyclic) bond motifs is 1. The van der Waals surface area contributed by atoms with Gasteiger partial charge in [0.05, 0.1) is 16.8 Å². The Kier molecular flexibility index (Phi) is 7.64. The van der Waals surface area contributed by atoms with Gasteiger partial charge in [0, 0.05) is 16.6 Å². The van der Waals surface area contributed by atoms with E-state index in [-0.39, 0.29) is 0 Å². The van der Waals surface area contributed by atoms with Gasteiger partial charge in [-0.15, -0.1) is 0 Å². The van der Waals surface area contributed by atoms with Crippen molar-refractivity contribution in [1.29, 1.82) is 0 Å². The number of benzene rings is 4. The van der Waals surface area contributed by atoms with E-state index >= 15 is 0 Å². The standard InChI is InChI=1S/C33H28N2O4/c1-22-12-16-26(17-13-22)34-30(36)21-39-33(37)31-23(2)32(35-29-11-7-6-10-28(29)31)25-14-18-27(19-15-25)38-20-24-8-4-3-5-9-24/h3-19H,20-21H2,1-2H3,(H,34,36). The maximum absolute atomic E-state index is 13.3. The Morgan fingerprint density at radius 1 is 0.795 bits per heavy atom. The zero-order valence-electron chi connectivity index (χ0n) is 21.8. The number of ether oxygens (including phenoxy) is 2. The molecule has 6 nitrogen and oxygen atoms in total. The fourth-order valence-electron chi connectivity index (χ4n) is 4.34. The number of pyridine rings is 1. The number of para-hydroxylation sites is 1. The van der Waals surface area contributed by atoms with Gasteiger partial charge in [-0.3, -0.25) is 4.79 Å². The van der Waals surface area contributed by atoms with Crippen LogP contribution in [-0.4, -0.2) is 23.5 Å². The van der Waals surface area contributed by atoms with Crippen molar-refractivity contribution >= 4 is 28.5 Å². The maximum atomic E-state index is 13.3. The quantitative estimate of drug-likeness (QED) is 0.227. The number of hydrogen-bond acceptors (Lipinski definition) is 5. The molecule has 0 bridgehead atoms. The van der Waals surface area contributed by atoms with Gasteiger partial charge < -0.3 is 14.8 Å². The van der Waals surface area contributed by atoms with Crippen molar-refractivity contribution in [2.24, 2.45) is 0 Å². The molecule has 0 aliphatic heterocycles. The smallest absolute Gasteiger partial charge is 0.339 e. The van der Waals surface area contributed by atoms with Crippen molar-refractivity contribution in [3.05, 3.63) is 125 Å². The monoisotopic (exact) mass is 516 g/mol. The van der Waals surface area contributed by atoms with Crippen molar-refractivity contribution in [1.82, 2.24) is 4.98 Å². The predicted molar refractivity (Wildman–Crippen MR) is 153 cm³/mol. The number of carbonyl (C=O) groups is 2. The highest BCUT2D eigenvalue weighted by atomic mass is 16.5. The number of nitrogens with zero attached hydrogens (tertiary/aromatic N) is 1. The summed E-state index contributed by atoms with van der Waals surface area (Å²) in [6.07, 6.45) is 0. The summed E-state index contributed by atoms with van der Waals surface area (Å²) in [5, 5.41) is 3.42. The third-order valence-corrected chi connectivity index (χ3v) is 6.39. The summed E-state index contributed by atoms with van der Waals surface area (Å²) in [6.45, 7) is 3.89. The number of amides is 1. The van der Waals surface area contributed by atoms with Gasteiger partial charge >= 0.3 is 5.97 Å². The lowest BCUT2D eigenvalue weighted by Gasteiger charge is -2.15. The van der Waals surface area contributed by atoms with E-state index in [2.05, 4.69) is 5.32 Å². The molecule has 1 aromatic heterocycles. The number of esters is 1. The van der Waals surface area contributed by atoms with Crippen molar-refractivity contribution in [2.75, 3.05) is 11.9 Å². The van der Waals surface area contributed by atoms with Crippen LogP contribution in [0.2, 0.25) is 0 Å². The van der Waals surface area contributed by atoms with Crippen molar-refractivity contribution < 1.29 is 19.1 Å². The molecule has 6 heteroatoms. The SMILES string of the molecule is Cc1ccc(NC(=O)COC(=O)c2c(C)c(-c3ccc(OCc4ccccc4)cc3)nc3ccccc23)cc1. The second kappa shape index (κ2) is 11.6. The molecule has 0 atom stereocenters. The molecule has 0 unspecified atom stereocenters. The van der Waals surface area contributed by atoms with Crippen molar-refractivity contribution in [2.45, 2.75) is 20.5 Å². The average molecular weight is 517 g/mol. The second-order valence-corrected chi connectivity index (χ2v) is 9.27. The van der Waals surface area contributed by atoms with Gasteiger partial charge in [0.1, 0.15) is 12.4 Å². The van der Waals surface area contributed by atoms with E-state index in [4.69, 9.17) is 14.5 Å². The van der Waals surface area contributed by atoms with E-state index in [9.17, 15) is 9.59 Å². The molecule has 0 aliphatic carbocycles. The van der Waals surface area contributed by atoms with Crippen LogP contribution < -0.4 is 10.1 Å². The van der Waals surface area contributed by atoms with E-state index in [1.165, 1.54) is 0 Å². The fourth-order valence-corrected chi connectivity index (χ4v) is 4.34. The van der Waals surface area contributed by atoms with Gasteiger partial charge in [-0.2, -0.15) is 0 Å². The minimum atomic E-state index is -0.575. The lowest BCUT2D eigenvalue weighted by molar-refractivity contribution is -0.119. The van der Waals surface area contributed by atoms with Crippen molar-refractivity contribution in [3.63, 3.8) is 0 Å². The molecular formula is C33H28N2O4. The molecule has 1 amide bonds. The van der Waals surface area contributed by atoms with E-state index < -0.39 is 18.5 Å². The Bertz CT molecular complexity index is 1610. The van der Waals surface area contributed by atoms with Gasteiger partial charge in [0.15, 0.2) is 6.61 Å². The van der Waals surface area contributed by atoms with Crippen LogP contribution in [0.15, 0.2) is 103 Å². The van der Waals surface area contributed by atoms with Crippen LogP contribution in [0.3, 0.4) is 0 Å². The molecule has 0 aliphatic rings. The van der Waals surface area contributed by atoms with Crippen LogP contribution in [0.4, 0.5) is 5.69 Å². The van der Waals surface area contributed by atoms with E-state index in [1.54, 1.807) is 12.1 Å². The third-order valence-electron chi connectivity index (χ3n) is 6.39. The summed E-state index contributed by atoms with van der Waals surface area (Å²) >= 11 is 0. The molecular weight excluding hydrogens is 488 g/mol. The third kappa shape index (κ3) is 6.13. The summed E-state index contributed by atoms with van der Waals surface area (Å²) in [5.41, 5.74) is 6.06. The summed E-state index contributed by atoms with van der Waals surface area (Å²) in [5.74, 6) is -0.246. The van der Waals surface area contributed by atoms with E-state index in [0.29, 0.717) is 40.0 Å². The number of aryl methyl sites for hydroxylation is 1. The molecule has 0 saturated heterocycles. The number of carbonyl (C=O) groups excluding carboxylic acids is 2. The first-order valence-electron chi connectivity index (χ1n) is 12.7. The fraction of sp³-hybridized carbons (Fsp3) is 0.121. The largest absolute Gasteiger partial charge is 0.489 e. The van der Waals surface area contributed by atoms with E-state index in [1.807, 2.05) is 105 Å². The summed E-state index contributed by atoms with van der Waals surface area (Å²) in [4.78, 5) is 30.6. The van der Waals surface area contributed by atoms with Crippen LogP contribution in [0, 0.1) is 13.8 Å². The normalized spacial score (nSPS) is 10.7. The van der Waals surface area contributed by atoms with Crippen molar-refractivity contribution in [3.8, 4) is 17.0 Å². The Balaban J connectivity index is 1.35. The molecule has 39 heavy (non-hydrogen) atoms. The molecule has 194 valence electrons. The number of hydrogen-bond donors (Lipinski definition) is 1. The lowest BCUT2D eigenvalue weighted by atomic mass is 9.97. The Hall–Kier alpha value is -4.97. The summed E-state index contributed by atoms with van der Waals surface area (Å²) < 4.78 is 11.4. The Morgan fingerprint density at radius 2 is 1.49 bits per heavy atom.